The Morgan fingerprint density at radius 1 is 1.41 bits per heavy atom. The van der Waals surface area contributed by atoms with E-state index in [1.54, 1.807) is 7.11 Å². The first-order valence-corrected chi connectivity index (χ1v) is 6.22. The normalized spacial score (nSPS) is 28.2. The number of amides is 1. The van der Waals surface area contributed by atoms with Gasteiger partial charge < -0.3 is 15.4 Å². The van der Waals surface area contributed by atoms with Gasteiger partial charge in [0, 0.05) is 38.9 Å². The second kappa shape index (κ2) is 6.33. The molecule has 0 saturated carbocycles. The van der Waals surface area contributed by atoms with Gasteiger partial charge in [0.15, 0.2) is 0 Å². The van der Waals surface area contributed by atoms with Crippen LogP contribution < -0.4 is 5.73 Å². The highest BCUT2D eigenvalue weighted by atomic mass is 16.5. The van der Waals surface area contributed by atoms with Gasteiger partial charge in [0.25, 0.3) is 0 Å². The van der Waals surface area contributed by atoms with E-state index in [0.29, 0.717) is 25.1 Å². The maximum atomic E-state index is 12.1. The zero-order valence-electron chi connectivity index (χ0n) is 11.3. The fourth-order valence-electron chi connectivity index (χ4n) is 2.19. The fraction of sp³-hybridized carbons (Fsp3) is 0.917. The smallest absolute Gasteiger partial charge is 0.239 e. The predicted molar refractivity (Wildman–Crippen MR) is 67.7 cm³/mol. The van der Waals surface area contributed by atoms with Crippen LogP contribution in [0.4, 0.5) is 0 Å². The molecule has 1 amide bonds. The van der Waals surface area contributed by atoms with Gasteiger partial charge in [-0.1, -0.05) is 0 Å². The third-order valence-corrected chi connectivity index (χ3v) is 3.62. The Morgan fingerprint density at radius 2 is 1.94 bits per heavy atom. The van der Waals surface area contributed by atoms with E-state index in [-0.39, 0.29) is 5.91 Å². The number of carbonyl (C=O) groups is 1. The summed E-state index contributed by atoms with van der Waals surface area (Å²) < 4.78 is 4.95. The number of nitrogens with zero attached hydrogens (tertiary/aromatic N) is 2. The lowest BCUT2D eigenvalue weighted by molar-refractivity contribution is -0.136. The number of ether oxygens (including phenoxy) is 1. The molecule has 1 fully saturated rings. The van der Waals surface area contributed by atoms with Crippen LogP contribution in [0, 0.1) is 0 Å². The fourth-order valence-corrected chi connectivity index (χ4v) is 2.19. The second-order valence-electron chi connectivity index (χ2n) is 4.99. The Bertz CT molecular complexity index is 248. The molecule has 17 heavy (non-hydrogen) atoms. The summed E-state index contributed by atoms with van der Waals surface area (Å²) >= 11 is 0. The molecule has 5 heteroatoms. The average molecular weight is 243 g/mol. The van der Waals surface area contributed by atoms with Gasteiger partial charge in [-0.15, -0.1) is 0 Å². The molecule has 0 aromatic carbocycles. The van der Waals surface area contributed by atoms with Crippen LogP contribution in [-0.2, 0) is 9.53 Å². The van der Waals surface area contributed by atoms with E-state index in [1.165, 1.54) is 0 Å². The lowest BCUT2D eigenvalue weighted by Crippen LogP contribution is -2.59. The lowest BCUT2D eigenvalue weighted by Gasteiger charge is -2.43. The number of methoxy groups -OCH3 is 1. The van der Waals surface area contributed by atoms with E-state index in [2.05, 4.69) is 25.8 Å². The molecule has 1 rings (SSSR count). The van der Waals surface area contributed by atoms with Crippen LogP contribution in [-0.4, -0.2) is 67.7 Å². The number of nitrogens with two attached hydrogens (primary N) is 1. The molecule has 0 bridgehead atoms. The van der Waals surface area contributed by atoms with Gasteiger partial charge in [0.2, 0.25) is 5.91 Å². The maximum absolute atomic E-state index is 12.1. The van der Waals surface area contributed by atoms with Crippen molar-refractivity contribution in [2.45, 2.75) is 38.4 Å². The summed E-state index contributed by atoms with van der Waals surface area (Å²) in [5, 5.41) is 0. The summed E-state index contributed by atoms with van der Waals surface area (Å²) in [4.78, 5) is 16.3. The standard InChI is InChI=1S/C12H25N3O2/c1-9-7-15(8-10(2)14(9)3)12(16)11(13)5-6-17-4/h9-11H,5-8,13H2,1-4H3. The van der Waals surface area contributed by atoms with E-state index in [1.807, 2.05) is 4.90 Å². The molecule has 2 N–H and O–H groups in total. The van der Waals surface area contributed by atoms with Crippen molar-refractivity contribution >= 4 is 5.91 Å². The molecule has 1 saturated heterocycles. The van der Waals surface area contributed by atoms with Crippen LogP contribution in [0.1, 0.15) is 20.3 Å². The molecule has 1 aliphatic heterocycles. The van der Waals surface area contributed by atoms with Gasteiger partial charge in [-0.05, 0) is 27.3 Å². The summed E-state index contributed by atoms with van der Waals surface area (Å²) in [5.41, 5.74) is 5.87. The quantitative estimate of drug-likeness (QED) is 0.749. The highest BCUT2D eigenvalue weighted by Crippen LogP contribution is 2.14. The Hall–Kier alpha value is -0.650. The largest absolute Gasteiger partial charge is 0.385 e. The predicted octanol–water partition coefficient (Wildman–Crippen LogP) is -0.0988. The highest BCUT2D eigenvalue weighted by molar-refractivity contribution is 5.81. The first-order chi connectivity index (χ1) is 7.97. The Labute approximate surface area is 104 Å². The molecule has 0 radical (unpaired) electrons. The molecule has 0 aliphatic carbocycles. The Balaban J connectivity index is 2.52. The first-order valence-electron chi connectivity index (χ1n) is 6.22. The van der Waals surface area contributed by atoms with E-state index < -0.39 is 6.04 Å². The van der Waals surface area contributed by atoms with Crippen LogP contribution in [0.5, 0.6) is 0 Å². The van der Waals surface area contributed by atoms with Gasteiger partial charge in [0.1, 0.15) is 0 Å². The molecule has 3 atom stereocenters. The summed E-state index contributed by atoms with van der Waals surface area (Å²) in [6.45, 7) is 6.33. The molecule has 3 unspecified atom stereocenters. The van der Waals surface area contributed by atoms with E-state index in [9.17, 15) is 4.79 Å². The van der Waals surface area contributed by atoms with Crippen molar-refractivity contribution in [1.29, 1.82) is 0 Å². The van der Waals surface area contributed by atoms with E-state index in [4.69, 9.17) is 10.5 Å². The molecule has 1 heterocycles. The van der Waals surface area contributed by atoms with Gasteiger partial charge in [-0.25, -0.2) is 0 Å². The third-order valence-electron chi connectivity index (χ3n) is 3.62. The van der Waals surface area contributed by atoms with Crippen molar-refractivity contribution in [3.63, 3.8) is 0 Å². The van der Waals surface area contributed by atoms with E-state index >= 15 is 0 Å². The Kier molecular flexibility index (Phi) is 5.36. The summed E-state index contributed by atoms with van der Waals surface area (Å²) in [7, 11) is 3.72. The molecule has 0 spiro atoms. The monoisotopic (exact) mass is 243 g/mol. The zero-order chi connectivity index (χ0) is 13.0. The number of hydrogen-bond donors (Lipinski definition) is 1. The van der Waals surface area contributed by atoms with Gasteiger partial charge in [-0.2, -0.15) is 0 Å². The minimum atomic E-state index is -0.433. The third kappa shape index (κ3) is 3.66. The lowest BCUT2D eigenvalue weighted by atomic mass is 10.1. The summed E-state index contributed by atoms with van der Waals surface area (Å²) in [5.74, 6) is 0.0499. The molecule has 5 nitrogen and oxygen atoms in total. The van der Waals surface area contributed by atoms with Gasteiger partial charge in [0.05, 0.1) is 6.04 Å². The van der Waals surface area contributed by atoms with Crippen molar-refractivity contribution in [3.8, 4) is 0 Å². The number of likely N-dealkylation sites (N-methyl/N-ethyl adjacent to an activating group) is 1. The molecule has 100 valence electrons. The maximum Gasteiger partial charge on any atom is 0.239 e. The van der Waals surface area contributed by atoms with Crippen LogP contribution >= 0.6 is 0 Å². The molecular formula is C12H25N3O2. The number of rotatable bonds is 4. The SMILES string of the molecule is COCCC(N)C(=O)N1CC(C)N(C)C(C)C1. The van der Waals surface area contributed by atoms with Gasteiger partial charge in [-0.3, -0.25) is 9.69 Å². The van der Waals surface area contributed by atoms with Crippen molar-refractivity contribution in [3.05, 3.63) is 0 Å². The molecule has 1 aliphatic rings. The van der Waals surface area contributed by atoms with Crippen molar-refractivity contribution in [2.24, 2.45) is 5.73 Å². The average Bonchev–Trinajstić information content (AvgIpc) is 2.31. The molecule has 0 aromatic heterocycles. The van der Waals surface area contributed by atoms with Crippen molar-refractivity contribution in [1.82, 2.24) is 9.80 Å². The van der Waals surface area contributed by atoms with Crippen LogP contribution in [0.2, 0.25) is 0 Å². The van der Waals surface area contributed by atoms with Gasteiger partial charge >= 0.3 is 0 Å². The molecular weight excluding hydrogens is 218 g/mol. The van der Waals surface area contributed by atoms with Crippen LogP contribution in [0.15, 0.2) is 0 Å². The van der Waals surface area contributed by atoms with Crippen LogP contribution in [0.25, 0.3) is 0 Å². The number of piperazine rings is 1. The zero-order valence-corrected chi connectivity index (χ0v) is 11.3. The summed E-state index contributed by atoms with van der Waals surface area (Å²) in [6, 6.07) is 0.340. The number of carbonyl (C=O) groups excluding carboxylic acids is 1. The van der Waals surface area contributed by atoms with E-state index in [0.717, 1.165) is 13.1 Å². The Morgan fingerprint density at radius 3 is 2.41 bits per heavy atom. The minimum absolute atomic E-state index is 0.0499. The van der Waals surface area contributed by atoms with Crippen molar-refractivity contribution < 1.29 is 9.53 Å². The summed E-state index contributed by atoms with van der Waals surface area (Å²) in [6.07, 6.45) is 0.588. The van der Waals surface area contributed by atoms with Crippen molar-refractivity contribution in [2.75, 3.05) is 33.9 Å². The minimum Gasteiger partial charge on any atom is -0.385 e. The highest BCUT2D eigenvalue weighted by Gasteiger charge is 2.31. The van der Waals surface area contributed by atoms with Crippen LogP contribution in [0.3, 0.4) is 0 Å². The topological polar surface area (TPSA) is 58.8 Å². The molecule has 0 aromatic rings. The first kappa shape index (κ1) is 14.4. The second-order valence-corrected chi connectivity index (χ2v) is 4.99. The number of hydrogen-bond acceptors (Lipinski definition) is 4.